The van der Waals surface area contributed by atoms with E-state index < -0.39 is 26.0 Å². The number of carbonyl (C=O) groups excluding carboxylic acids is 2. The first-order valence-corrected chi connectivity index (χ1v) is 17.6. The van der Waals surface area contributed by atoms with Crippen LogP contribution in [0.5, 0.6) is 0 Å². The second-order valence-electron chi connectivity index (χ2n) is 13.0. The van der Waals surface area contributed by atoms with Gasteiger partial charge in [-0.1, -0.05) is 32.9 Å². The van der Waals surface area contributed by atoms with Gasteiger partial charge in [0.25, 0.3) is 0 Å². The number of benzene rings is 1. The van der Waals surface area contributed by atoms with Crippen molar-refractivity contribution in [3.8, 4) is 11.3 Å². The van der Waals surface area contributed by atoms with E-state index in [2.05, 4.69) is 71.6 Å². The average molecular weight is 623 g/mol. The molecule has 0 radical (unpaired) electrons. The Bertz CT molecular complexity index is 1400. The number of amides is 1. The molecule has 1 aromatic carbocycles. The molecule has 2 N–H and O–H groups in total. The minimum absolute atomic E-state index is 0.148. The molecule has 0 saturated heterocycles. The standard InChI is InChI=1S/C32H46N6O5Si/c1-31(2,3)43-30(40)38(21-28(39)41-7)18-17-33-27-14-13-24(20-35-27)26-15-16-34-29(37-26)36-25-12-10-11-23(19-25)22-42-44(8,9)32(4,5)6/h10-16,19-20H,17-18,21-22H2,1-9H3,(H,33,35)(H,34,36,37). The van der Waals surface area contributed by atoms with Crippen molar-refractivity contribution in [3.63, 3.8) is 0 Å². The summed E-state index contributed by atoms with van der Waals surface area (Å²) in [5.74, 6) is 0.556. The molecule has 0 atom stereocenters. The largest absolute Gasteiger partial charge is 0.468 e. The topological polar surface area (TPSA) is 128 Å². The second kappa shape index (κ2) is 14.6. The van der Waals surface area contributed by atoms with Crippen LogP contribution < -0.4 is 10.6 Å². The van der Waals surface area contributed by atoms with Crippen molar-refractivity contribution in [2.45, 2.75) is 71.9 Å². The molecule has 0 unspecified atom stereocenters. The summed E-state index contributed by atoms with van der Waals surface area (Å²) in [6, 6.07) is 13.6. The van der Waals surface area contributed by atoms with E-state index in [4.69, 9.17) is 13.9 Å². The lowest BCUT2D eigenvalue weighted by Crippen LogP contribution is -2.42. The van der Waals surface area contributed by atoms with Crippen LogP contribution in [0.25, 0.3) is 11.3 Å². The zero-order valence-corrected chi connectivity index (χ0v) is 28.4. The normalized spacial score (nSPS) is 11.9. The Kier molecular flexibility index (Phi) is 11.5. The Morgan fingerprint density at radius 2 is 1.75 bits per heavy atom. The molecule has 0 bridgehead atoms. The van der Waals surface area contributed by atoms with Crippen molar-refractivity contribution in [2.24, 2.45) is 0 Å². The van der Waals surface area contributed by atoms with Crippen LogP contribution in [-0.2, 0) is 25.3 Å². The molecule has 2 heterocycles. The summed E-state index contributed by atoms with van der Waals surface area (Å²) in [6.45, 7) is 17.4. The molecule has 3 rings (SSSR count). The van der Waals surface area contributed by atoms with E-state index in [1.807, 2.05) is 30.3 Å². The molecule has 44 heavy (non-hydrogen) atoms. The van der Waals surface area contributed by atoms with E-state index in [0.29, 0.717) is 30.6 Å². The third-order valence-corrected chi connectivity index (χ3v) is 11.7. The van der Waals surface area contributed by atoms with Gasteiger partial charge in [0.05, 0.1) is 19.4 Å². The number of hydrogen-bond acceptors (Lipinski definition) is 10. The van der Waals surface area contributed by atoms with E-state index in [1.54, 1.807) is 33.2 Å². The van der Waals surface area contributed by atoms with Crippen LogP contribution in [0.2, 0.25) is 18.1 Å². The highest BCUT2D eigenvalue weighted by Gasteiger charge is 2.37. The van der Waals surface area contributed by atoms with Crippen molar-refractivity contribution < 1.29 is 23.5 Å². The maximum Gasteiger partial charge on any atom is 0.410 e. The van der Waals surface area contributed by atoms with Crippen molar-refractivity contribution in [3.05, 3.63) is 60.4 Å². The first-order valence-electron chi connectivity index (χ1n) is 14.6. The van der Waals surface area contributed by atoms with Crippen molar-refractivity contribution >= 4 is 37.8 Å². The summed E-state index contributed by atoms with van der Waals surface area (Å²) in [4.78, 5) is 39.2. The number of rotatable bonds is 12. The molecule has 3 aromatic rings. The molecular weight excluding hydrogens is 576 g/mol. The summed E-state index contributed by atoms with van der Waals surface area (Å²) in [5, 5.41) is 6.62. The van der Waals surface area contributed by atoms with Crippen molar-refractivity contribution in [2.75, 3.05) is 37.4 Å². The lowest BCUT2D eigenvalue weighted by atomic mass is 10.2. The van der Waals surface area contributed by atoms with Crippen molar-refractivity contribution in [1.29, 1.82) is 0 Å². The van der Waals surface area contributed by atoms with Gasteiger partial charge < -0.3 is 24.5 Å². The molecule has 0 aliphatic heterocycles. The van der Waals surface area contributed by atoms with Gasteiger partial charge in [-0.2, -0.15) is 0 Å². The molecule has 12 heteroatoms. The maximum atomic E-state index is 12.5. The number of anilines is 3. The van der Waals surface area contributed by atoms with Gasteiger partial charge in [-0.25, -0.2) is 19.7 Å². The Balaban J connectivity index is 1.60. The van der Waals surface area contributed by atoms with Crippen LogP contribution in [0.4, 0.5) is 22.2 Å². The number of nitrogens with one attached hydrogen (secondary N) is 2. The average Bonchev–Trinajstić information content (AvgIpc) is 2.94. The first-order chi connectivity index (χ1) is 20.6. The van der Waals surface area contributed by atoms with E-state index in [-0.39, 0.29) is 18.1 Å². The molecular formula is C32H46N6O5Si. The van der Waals surface area contributed by atoms with E-state index in [0.717, 1.165) is 16.8 Å². The zero-order valence-electron chi connectivity index (χ0n) is 27.4. The molecule has 1 amide bonds. The van der Waals surface area contributed by atoms with Gasteiger partial charge >= 0.3 is 12.1 Å². The third kappa shape index (κ3) is 10.6. The first kappa shape index (κ1) is 34.5. The fourth-order valence-electron chi connectivity index (χ4n) is 3.68. The second-order valence-corrected chi connectivity index (χ2v) is 17.8. The summed E-state index contributed by atoms with van der Waals surface area (Å²) in [6.07, 6.45) is 2.83. The fourth-order valence-corrected chi connectivity index (χ4v) is 4.64. The molecule has 0 saturated carbocycles. The predicted octanol–water partition coefficient (Wildman–Crippen LogP) is 6.63. The highest BCUT2D eigenvalue weighted by Crippen LogP contribution is 2.37. The number of carbonyl (C=O) groups is 2. The molecule has 238 valence electrons. The van der Waals surface area contributed by atoms with Gasteiger partial charge in [0.15, 0.2) is 8.32 Å². The number of hydrogen-bond donors (Lipinski definition) is 2. The zero-order chi connectivity index (χ0) is 32.5. The van der Waals surface area contributed by atoms with Crippen molar-refractivity contribution in [1.82, 2.24) is 19.9 Å². The smallest absolute Gasteiger partial charge is 0.410 e. The summed E-state index contributed by atoms with van der Waals surface area (Å²) < 4.78 is 16.5. The Hall–Kier alpha value is -4.03. The number of esters is 1. The number of nitrogens with zero attached hydrogens (tertiary/aromatic N) is 4. The monoisotopic (exact) mass is 622 g/mol. The minimum atomic E-state index is -1.85. The molecule has 0 aliphatic rings. The number of pyridine rings is 1. The molecule has 0 aliphatic carbocycles. The lowest BCUT2D eigenvalue weighted by molar-refractivity contribution is -0.141. The molecule has 11 nitrogen and oxygen atoms in total. The maximum absolute atomic E-state index is 12.5. The van der Waals surface area contributed by atoms with Gasteiger partial charge in [-0.15, -0.1) is 0 Å². The van der Waals surface area contributed by atoms with Crippen LogP contribution in [0, 0.1) is 0 Å². The number of methoxy groups -OCH3 is 1. The van der Waals surface area contributed by atoms with Gasteiger partial charge in [0.2, 0.25) is 5.95 Å². The minimum Gasteiger partial charge on any atom is -0.468 e. The molecule has 2 aromatic heterocycles. The third-order valence-electron chi connectivity index (χ3n) is 7.19. The summed E-state index contributed by atoms with van der Waals surface area (Å²) >= 11 is 0. The van der Waals surface area contributed by atoms with Gasteiger partial charge in [0, 0.05) is 36.7 Å². The fraction of sp³-hybridized carbons (Fsp3) is 0.469. The highest BCUT2D eigenvalue weighted by molar-refractivity contribution is 6.74. The van der Waals surface area contributed by atoms with Gasteiger partial charge in [0.1, 0.15) is 18.0 Å². The molecule has 0 fully saturated rings. The quantitative estimate of drug-likeness (QED) is 0.168. The van der Waals surface area contributed by atoms with Crippen LogP contribution in [0.1, 0.15) is 47.1 Å². The van der Waals surface area contributed by atoms with Gasteiger partial charge in [-0.3, -0.25) is 9.69 Å². The Morgan fingerprint density at radius 3 is 2.39 bits per heavy atom. The van der Waals surface area contributed by atoms with Crippen LogP contribution >= 0.6 is 0 Å². The summed E-state index contributed by atoms with van der Waals surface area (Å²) in [7, 11) is -0.576. The summed E-state index contributed by atoms with van der Waals surface area (Å²) in [5.41, 5.74) is 2.81. The van der Waals surface area contributed by atoms with Gasteiger partial charge in [-0.05, 0) is 74.8 Å². The highest BCUT2D eigenvalue weighted by atomic mass is 28.4. The number of aromatic nitrogens is 3. The van der Waals surface area contributed by atoms with Crippen LogP contribution in [0.15, 0.2) is 54.9 Å². The number of ether oxygens (including phenoxy) is 2. The van der Waals surface area contributed by atoms with Crippen LogP contribution in [0.3, 0.4) is 0 Å². The molecule has 0 spiro atoms. The Labute approximate surface area is 261 Å². The Morgan fingerprint density at radius 1 is 1.00 bits per heavy atom. The van der Waals surface area contributed by atoms with E-state index >= 15 is 0 Å². The van der Waals surface area contributed by atoms with E-state index in [1.165, 1.54) is 12.0 Å². The van der Waals surface area contributed by atoms with E-state index in [9.17, 15) is 9.59 Å². The van der Waals surface area contributed by atoms with Crippen LogP contribution in [-0.4, -0.2) is 72.6 Å². The predicted molar refractivity (Wildman–Crippen MR) is 175 cm³/mol. The lowest BCUT2D eigenvalue weighted by Gasteiger charge is -2.36. The SMILES string of the molecule is COC(=O)CN(CCNc1ccc(-c2ccnc(Nc3cccc(CO[Si](C)(C)C(C)(C)C)c3)n2)cn1)C(=O)OC(C)(C)C.